The van der Waals surface area contributed by atoms with Gasteiger partial charge in [-0.25, -0.2) is 9.50 Å². The van der Waals surface area contributed by atoms with Gasteiger partial charge in [0.2, 0.25) is 0 Å². The molecule has 4 rings (SSSR count). The molecule has 0 radical (unpaired) electrons. The summed E-state index contributed by atoms with van der Waals surface area (Å²) in [6, 6.07) is 12.3. The minimum absolute atomic E-state index is 0.110. The fourth-order valence-corrected chi connectivity index (χ4v) is 4.03. The molecule has 1 aromatic carbocycles. The minimum atomic E-state index is -0.618. The minimum Gasteiger partial charge on any atom is -0.365 e. The van der Waals surface area contributed by atoms with Crippen LogP contribution in [0.1, 0.15) is 59.0 Å². The Kier molecular flexibility index (Phi) is 4.58. The summed E-state index contributed by atoms with van der Waals surface area (Å²) < 4.78 is 1.37. The summed E-state index contributed by atoms with van der Waals surface area (Å²) in [6.45, 7) is 2.29. The van der Waals surface area contributed by atoms with Gasteiger partial charge in [-0.1, -0.05) is 37.3 Å². The third-order valence-electron chi connectivity index (χ3n) is 5.79. The Morgan fingerprint density at radius 2 is 1.89 bits per heavy atom. The van der Waals surface area contributed by atoms with Crippen LogP contribution in [0, 0.1) is 0 Å². The molecule has 2 heterocycles. The van der Waals surface area contributed by atoms with Crippen molar-refractivity contribution in [2.24, 2.45) is 5.73 Å². The molecule has 7 heteroatoms. The lowest BCUT2D eigenvalue weighted by atomic mass is 9.69. The molecule has 7 nitrogen and oxygen atoms in total. The Labute approximate surface area is 163 Å². The smallest absolute Gasteiger partial charge is 0.270 e. The van der Waals surface area contributed by atoms with Crippen molar-refractivity contribution in [3.63, 3.8) is 0 Å². The summed E-state index contributed by atoms with van der Waals surface area (Å²) in [5, 5.41) is 7.22. The van der Waals surface area contributed by atoms with Gasteiger partial charge in [0.25, 0.3) is 11.8 Å². The second kappa shape index (κ2) is 7.07. The third-order valence-corrected chi connectivity index (χ3v) is 5.79. The molecule has 3 aromatic rings. The van der Waals surface area contributed by atoms with Crippen LogP contribution in [0.5, 0.6) is 0 Å². The van der Waals surface area contributed by atoms with Crippen molar-refractivity contribution in [3.8, 4) is 0 Å². The molecule has 0 spiro atoms. The highest BCUT2D eigenvalue weighted by molar-refractivity contribution is 5.99. The molecule has 0 saturated heterocycles. The summed E-state index contributed by atoms with van der Waals surface area (Å²) in [6.07, 6.45) is 6.69. The summed E-state index contributed by atoms with van der Waals surface area (Å²) >= 11 is 0. The molecule has 0 aliphatic heterocycles. The average Bonchev–Trinajstić information content (AvgIpc) is 3.15. The lowest BCUT2D eigenvalue weighted by molar-refractivity contribution is 0.0910. The number of primary amides is 1. The average molecular weight is 377 g/mol. The summed E-state index contributed by atoms with van der Waals surface area (Å²) in [5.74, 6) is -0.840. The van der Waals surface area contributed by atoms with E-state index in [1.165, 1.54) is 22.5 Å². The molecule has 1 saturated carbocycles. The Bertz CT molecular complexity index is 1020. The van der Waals surface area contributed by atoms with Gasteiger partial charge in [-0.05, 0) is 42.7 Å². The van der Waals surface area contributed by atoms with Gasteiger partial charge in [0.1, 0.15) is 11.3 Å². The van der Waals surface area contributed by atoms with Gasteiger partial charge in [0, 0.05) is 12.2 Å². The van der Waals surface area contributed by atoms with Crippen LogP contribution in [0.25, 0.3) is 5.65 Å². The second-order valence-electron chi connectivity index (χ2n) is 7.66. The first-order valence-electron chi connectivity index (χ1n) is 9.47. The molecule has 144 valence electrons. The van der Waals surface area contributed by atoms with Crippen LogP contribution in [-0.2, 0) is 5.41 Å². The van der Waals surface area contributed by atoms with Crippen molar-refractivity contribution in [1.29, 1.82) is 0 Å². The fraction of sp³-hybridized carbons (Fsp3) is 0.333. The van der Waals surface area contributed by atoms with E-state index in [1.807, 2.05) is 6.07 Å². The van der Waals surface area contributed by atoms with Crippen LogP contribution >= 0.6 is 0 Å². The molecule has 3 N–H and O–H groups in total. The first kappa shape index (κ1) is 18.2. The zero-order valence-corrected chi connectivity index (χ0v) is 15.8. The number of aromatic nitrogens is 3. The molecule has 1 aliphatic carbocycles. The van der Waals surface area contributed by atoms with E-state index < -0.39 is 5.91 Å². The normalized spacial score (nSPS) is 22.1. The molecule has 2 aromatic heterocycles. The highest BCUT2D eigenvalue weighted by Crippen LogP contribution is 2.38. The van der Waals surface area contributed by atoms with Crippen LogP contribution in [0.15, 0.2) is 48.8 Å². The number of nitrogens with two attached hydrogens (primary N) is 1. The number of nitrogens with one attached hydrogen (secondary N) is 1. The third kappa shape index (κ3) is 3.24. The zero-order chi connectivity index (χ0) is 19.7. The number of rotatable bonds is 4. The van der Waals surface area contributed by atoms with Crippen LogP contribution < -0.4 is 11.1 Å². The quantitative estimate of drug-likeness (QED) is 0.729. The summed E-state index contributed by atoms with van der Waals surface area (Å²) in [4.78, 5) is 28.4. The molecular weight excluding hydrogens is 354 g/mol. The molecule has 0 atom stereocenters. The van der Waals surface area contributed by atoms with Gasteiger partial charge in [-0.3, -0.25) is 9.59 Å². The Hall–Kier alpha value is -3.22. The van der Waals surface area contributed by atoms with Crippen LogP contribution in [0.4, 0.5) is 0 Å². The topological polar surface area (TPSA) is 102 Å². The first-order chi connectivity index (χ1) is 13.5. The number of carbonyl (C=O) groups excluding carboxylic acids is 2. The van der Waals surface area contributed by atoms with Crippen molar-refractivity contribution in [2.45, 2.75) is 44.1 Å². The van der Waals surface area contributed by atoms with Crippen molar-refractivity contribution < 1.29 is 9.59 Å². The maximum absolute atomic E-state index is 12.8. The highest BCUT2D eigenvalue weighted by atomic mass is 16.2. The van der Waals surface area contributed by atoms with Crippen molar-refractivity contribution >= 4 is 17.5 Å². The van der Waals surface area contributed by atoms with Crippen molar-refractivity contribution in [2.75, 3.05) is 0 Å². The maximum Gasteiger partial charge on any atom is 0.270 e. The standard InChI is InChI=1S/C21H23N5O2/c1-21(14-5-3-2-4-6-14)10-7-15(8-11-21)25-20(28)17-9-12-23-19-16(18(22)27)13-24-26(17)19/h2-6,9,12-13,15H,7-8,10-11H2,1H3,(H2,22,27)(H,25,28). The fourth-order valence-electron chi connectivity index (χ4n) is 4.03. The number of amides is 2. The van der Waals surface area contributed by atoms with Gasteiger partial charge in [0.05, 0.1) is 6.20 Å². The monoisotopic (exact) mass is 377 g/mol. The van der Waals surface area contributed by atoms with Crippen molar-refractivity contribution in [3.05, 3.63) is 65.6 Å². The van der Waals surface area contributed by atoms with E-state index in [-0.39, 0.29) is 22.9 Å². The predicted octanol–water partition coefficient (Wildman–Crippen LogP) is 2.46. The van der Waals surface area contributed by atoms with Gasteiger partial charge < -0.3 is 11.1 Å². The summed E-state index contributed by atoms with van der Waals surface area (Å²) in [7, 11) is 0. The lowest BCUT2D eigenvalue weighted by Crippen LogP contribution is -2.41. The molecule has 1 aliphatic rings. The van der Waals surface area contributed by atoms with Crippen LogP contribution in [-0.4, -0.2) is 32.5 Å². The van der Waals surface area contributed by atoms with E-state index >= 15 is 0 Å². The number of nitrogens with zero attached hydrogens (tertiary/aromatic N) is 3. The van der Waals surface area contributed by atoms with Crippen molar-refractivity contribution in [1.82, 2.24) is 19.9 Å². The highest BCUT2D eigenvalue weighted by Gasteiger charge is 2.33. The van der Waals surface area contributed by atoms with Gasteiger partial charge in [-0.15, -0.1) is 0 Å². The van der Waals surface area contributed by atoms with E-state index in [9.17, 15) is 9.59 Å². The van der Waals surface area contributed by atoms with E-state index in [0.29, 0.717) is 11.3 Å². The summed E-state index contributed by atoms with van der Waals surface area (Å²) in [5.41, 5.74) is 7.67. The van der Waals surface area contributed by atoms with E-state index in [4.69, 9.17) is 5.73 Å². The first-order valence-corrected chi connectivity index (χ1v) is 9.47. The van der Waals surface area contributed by atoms with Gasteiger partial charge in [0.15, 0.2) is 5.65 Å². The Balaban J connectivity index is 1.47. The lowest BCUT2D eigenvalue weighted by Gasteiger charge is -2.38. The Morgan fingerprint density at radius 3 is 2.57 bits per heavy atom. The molecule has 0 bridgehead atoms. The number of carbonyl (C=O) groups is 2. The predicted molar refractivity (Wildman–Crippen MR) is 105 cm³/mol. The van der Waals surface area contributed by atoms with Crippen LogP contribution in [0.2, 0.25) is 0 Å². The van der Waals surface area contributed by atoms with Gasteiger partial charge >= 0.3 is 0 Å². The largest absolute Gasteiger partial charge is 0.365 e. The molecule has 0 unspecified atom stereocenters. The number of hydrogen-bond donors (Lipinski definition) is 2. The van der Waals surface area contributed by atoms with Gasteiger partial charge in [-0.2, -0.15) is 5.10 Å². The number of hydrogen-bond acceptors (Lipinski definition) is 4. The maximum atomic E-state index is 12.8. The van der Waals surface area contributed by atoms with E-state index in [0.717, 1.165) is 25.7 Å². The SMILES string of the molecule is CC1(c2ccccc2)CCC(NC(=O)c2ccnc3c(C(N)=O)cnn23)CC1. The molecule has 2 amide bonds. The Morgan fingerprint density at radius 1 is 1.18 bits per heavy atom. The number of benzene rings is 1. The van der Waals surface area contributed by atoms with Crippen LogP contribution in [0.3, 0.4) is 0 Å². The van der Waals surface area contributed by atoms with E-state index in [2.05, 4.69) is 46.6 Å². The molecular formula is C21H23N5O2. The molecule has 1 fully saturated rings. The molecule has 28 heavy (non-hydrogen) atoms. The van der Waals surface area contributed by atoms with E-state index in [1.54, 1.807) is 6.07 Å². The number of fused-ring (bicyclic) bond motifs is 1. The second-order valence-corrected chi connectivity index (χ2v) is 7.66. The zero-order valence-electron chi connectivity index (χ0n) is 15.8.